The maximum absolute atomic E-state index is 13.7. The maximum Gasteiger partial charge on any atom is 0.187 e. The molecule has 3 heterocycles. The predicted molar refractivity (Wildman–Crippen MR) is 144 cm³/mol. The van der Waals surface area contributed by atoms with E-state index in [4.69, 9.17) is 14.5 Å². The van der Waals surface area contributed by atoms with Crippen LogP contribution in [0.3, 0.4) is 0 Å². The van der Waals surface area contributed by atoms with Crippen LogP contribution in [0.25, 0.3) is 17.2 Å². The normalized spacial score (nSPS) is 13.2. The van der Waals surface area contributed by atoms with Crippen molar-refractivity contribution in [3.8, 4) is 28.7 Å². The van der Waals surface area contributed by atoms with Crippen molar-refractivity contribution in [2.24, 2.45) is 0 Å². The molecular formula is C27H32N6O4S. The van der Waals surface area contributed by atoms with Gasteiger partial charge in [-0.2, -0.15) is 0 Å². The number of para-hydroxylation sites is 1. The van der Waals surface area contributed by atoms with Crippen molar-refractivity contribution in [2.45, 2.75) is 51.0 Å². The molecule has 0 N–H and O–H groups in total. The van der Waals surface area contributed by atoms with Gasteiger partial charge in [-0.1, -0.05) is 26.0 Å². The van der Waals surface area contributed by atoms with Gasteiger partial charge in [0.05, 0.1) is 19.5 Å². The summed E-state index contributed by atoms with van der Waals surface area (Å²) in [6.45, 7) is 7.38. The SMILES string of the molecule is CCc1cccc(-c2nnc(CS(=O)(=O)[C@@H](C)[C@H](C)c3ncc(C)cn3)n2-c2c(OC)cccc2OC)n1. The lowest BCUT2D eigenvalue weighted by atomic mass is 10.1. The van der Waals surface area contributed by atoms with Gasteiger partial charge in [0.1, 0.15) is 34.5 Å². The standard InChI is InChI=1S/C27H32N6O4S/c1-7-20-10-8-11-21(30-20)27-32-31-24(33(27)25-22(36-5)12-9-13-23(25)37-6)16-38(34,35)19(4)18(3)26-28-14-17(2)15-29-26/h8-15,18-19H,7,16H2,1-6H3/t18-,19-/m0/s1. The molecule has 0 radical (unpaired) electrons. The molecule has 0 unspecified atom stereocenters. The number of hydrogen-bond donors (Lipinski definition) is 0. The lowest BCUT2D eigenvalue weighted by molar-refractivity contribution is 0.390. The van der Waals surface area contributed by atoms with Crippen LogP contribution >= 0.6 is 0 Å². The van der Waals surface area contributed by atoms with E-state index in [0.717, 1.165) is 17.7 Å². The van der Waals surface area contributed by atoms with Gasteiger partial charge in [0, 0.05) is 24.0 Å². The van der Waals surface area contributed by atoms with Crippen molar-refractivity contribution in [2.75, 3.05) is 14.2 Å². The number of aromatic nitrogens is 6. The Labute approximate surface area is 223 Å². The molecule has 2 atom stereocenters. The lowest BCUT2D eigenvalue weighted by Gasteiger charge is -2.20. The first-order valence-corrected chi connectivity index (χ1v) is 14.0. The molecule has 0 aliphatic heterocycles. The summed E-state index contributed by atoms with van der Waals surface area (Å²) in [7, 11) is -0.644. The molecule has 0 amide bonds. The quantitative estimate of drug-likeness (QED) is 0.295. The van der Waals surface area contributed by atoms with Crippen LogP contribution in [0, 0.1) is 6.92 Å². The number of benzene rings is 1. The summed E-state index contributed by atoms with van der Waals surface area (Å²) >= 11 is 0. The van der Waals surface area contributed by atoms with Crippen LogP contribution in [0.2, 0.25) is 0 Å². The second kappa shape index (κ2) is 11.3. The minimum absolute atomic E-state index is 0.218. The first-order valence-electron chi connectivity index (χ1n) is 12.3. The number of aryl methyl sites for hydroxylation is 2. The fraction of sp³-hybridized carbons (Fsp3) is 0.370. The van der Waals surface area contributed by atoms with Crippen molar-refractivity contribution >= 4 is 9.84 Å². The Morgan fingerprint density at radius 1 is 0.947 bits per heavy atom. The monoisotopic (exact) mass is 536 g/mol. The summed E-state index contributed by atoms with van der Waals surface area (Å²) in [5.41, 5.74) is 2.83. The zero-order chi connectivity index (χ0) is 27.4. The van der Waals surface area contributed by atoms with Gasteiger partial charge in [0.2, 0.25) is 0 Å². The third-order valence-corrected chi connectivity index (χ3v) is 8.76. The van der Waals surface area contributed by atoms with E-state index in [1.165, 1.54) is 0 Å². The zero-order valence-corrected chi connectivity index (χ0v) is 23.2. The number of hydrogen-bond acceptors (Lipinski definition) is 9. The summed E-state index contributed by atoms with van der Waals surface area (Å²) in [6, 6.07) is 11.0. The molecule has 200 valence electrons. The molecule has 1 aromatic carbocycles. The molecule has 0 aliphatic rings. The molecule has 0 spiro atoms. The molecule has 0 aliphatic carbocycles. The van der Waals surface area contributed by atoms with E-state index >= 15 is 0 Å². The molecule has 0 saturated heterocycles. The van der Waals surface area contributed by atoms with Gasteiger partial charge in [-0.05, 0) is 50.1 Å². The summed E-state index contributed by atoms with van der Waals surface area (Å²) in [5.74, 6) is 1.23. The van der Waals surface area contributed by atoms with Gasteiger partial charge in [-0.25, -0.2) is 23.4 Å². The topological polar surface area (TPSA) is 122 Å². The molecular weight excluding hydrogens is 504 g/mol. The van der Waals surface area contributed by atoms with Crippen molar-refractivity contribution in [1.82, 2.24) is 29.7 Å². The number of rotatable bonds is 10. The van der Waals surface area contributed by atoms with E-state index in [1.54, 1.807) is 56.3 Å². The molecule has 0 fully saturated rings. The third-order valence-electron chi connectivity index (χ3n) is 6.56. The highest BCUT2D eigenvalue weighted by molar-refractivity contribution is 7.91. The molecule has 10 nitrogen and oxygen atoms in total. The number of pyridine rings is 1. The molecule has 4 rings (SSSR count). The van der Waals surface area contributed by atoms with Crippen molar-refractivity contribution in [3.05, 3.63) is 71.7 Å². The van der Waals surface area contributed by atoms with Gasteiger partial charge in [0.25, 0.3) is 0 Å². The Balaban J connectivity index is 1.84. The van der Waals surface area contributed by atoms with E-state index in [1.807, 2.05) is 39.0 Å². The first-order chi connectivity index (χ1) is 18.2. The molecule has 0 bridgehead atoms. The average molecular weight is 537 g/mol. The van der Waals surface area contributed by atoms with Gasteiger partial charge in [-0.15, -0.1) is 10.2 Å². The summed E-state index contributed by atoms with van der Waals surface area (Å²) < 4.78 is 40.4. The Kier molecular flexibility index (Phi) is 8.05. The van der Waals surface area contributed by atoms with E-state index in [9.17, 15) is 8.42 Å². The van der Waals surface area contributed by atoms with E-state index in [0.29, 0.717) is 34.5 Å². The zero-order valence-electron chi connectivity index (χ0n) is 22.4. The second-order valence-corrected chi connectivity index (χ2v) is 11.4. The van der Waals surface area contributed by atoms with Gasteiger partial charge >= 0.3 is 0 Å². The Hall–Kier alpha value is -3.86. The minimum atomic E-state index is -3.73. The van der Waals surface area contributed by atoms with Crippen LogP contribution < -0.4 is 9.47 Å². The van der Waals surface area contributed by atoms with E-state index < -0.39 is 21.0 Å². The highest BCUT2D eigenvalue weighted by Gasteiger charge is 2.33. The summed E-state index contributed by atoms with van der Waals surface area (Å²) in [5, 5.41) is 7.96. The van der Waals surface area contributed by atoms with Gasteiger partial charge in [-0.3, -0.25) is 4.57 Å². The molecule has 0 saturated carbocycles. The fourth-order valence-corrected chi connectivity index (χ4v) is 5.69. The van der Waals surface area contributed by atoms with Crippen LogP contribution in [0.4, 0.5) is 0 Å². The summed E-state index contributed by atoms with van der Waals surface area (Å²) in [6.07, 6.45) is 4.11. The number of sulfone groups is 1. The Bertz CT molecular complexity index is 1500. The van der Waals surface area contributed by atoms with Crippen LogP contribution in [-0.4, -0.2) is 57.6 Å². The summed E-state index contributed by atoms with van der Waals surface area (Å²) in [4.78, 5) is 13.4. The molecule has 3 aromatic heterocycles. The smallest absolute Gasteiger partial charge is 0.187 e. The highest BCUT2D eigenvalue weighted by Crippen LogP contribution is 2.37. The van der Waals surface area contributed by atoms with Crippen LogP contribution in [-0.2, 0) is 22.0 Å². The minimum Gasteiger partial charge on any atom is -0.494 e. The van der Waals surface area contributed by atoms with Crippen molar-refractivity contribution in [3.63, 3.8) is 0 Å². The highest BCUT2D eigenvalue weighted by atomic mass is 32.2. The van der Waals surface area contributed by atoms with E-state index in [-0.39, 0.29) is 11.6 Å². The second-order valence-electron chi connectivity index (χ2n) is 9.07. The van der Waals surface area contributed by atoms with Crippen LogP contribution in [0.5, 0.6) is 11.5 Å². The van der Waals surface area contributed by atoms with Crippen LogP contribution in [0.15, 0.2) is 48.8 Å². The van der Waals surface area contributed by atoms with Crippen molar-refractivity contribution < 1.29 is 17.9 Å². The molecule has 4 aromatic rings. The number of methoxy groups -OCH3 is 2. The van der Waals surface area contributed by atoms with Gasteiger partial charge < -0.3 is 9.47 Å². The average Bonchev–Trinajstić information content (AvgIpc) is 3.34. The molecule has 38 heavy (non-hydrogen) atoms. The Morgan fingerprint density at radius 2 is 1.58 bits per heavy atom. The lowest BCUT2D eigenvalue weighted by Crippen LogP contribution is -2.27. The largest absolute Gasteiger partial charge is 0.494 e. The van der Waals surface area contributed by atoms with Crippen molar-refractivity contribution in [1.29, 1.82) is 0 Å². The van der Waals surface area contributed by atoms with Gasteiger partial charge in [0.15, 0.2) is 21.5 Å². The molecule has 11 heteroatoms. The Morgan fingerprint density at radius 3 is 2.18 bits per heavy atom. The first kappa shape index (κ1) is 27.2. The van der Waals surface area contributed by atoms with E-state index in [2.05, 4.69) is 20.2 Å². The number of nitrogens with zero attached hydrogens (tertiary/aromatic N) is 6. The fourth-order valence-electron chi connectivity index (χ4n) is 4.13. The third kappa shape index (κ3) is 5.38. The predicted octanol–water partition coefficient (Wildman–Crippen LogP) is 4.11. The number of ether oxygens (including phenoxy) is 2. The van der Waals surface area contributed by atoms with Crippen LogP contribution in [0.1, 0.15) is 49.6 Å². The maximum atomic E-state index is 13.7.